The molecule has 4 N–H and O–H groups in total. The van der Waals surface area contributed by atoms with Crippen LogP contribution in [0, 0.1) is 0 Å². The Morgan fingerprint density at radius 2 is 1.04 bits per heavy atom. The molecule has 0 fully saturated rings. The number of aromatic amines is 2. The third kappa shape index (κ3) is 8.25. The van der Waals surface area contributed by atoms with Crippen molar-refractivity contribution in [3.8, 4) is 0 Å². The number of H-pyrrole nitrogens is 2. The number of hydrogen-bond donors (Lipinski definition) is 4. The molecule has 0 unspecified atom stereocenters. The van der Waals surface area contributed by atoms with Gasteiger partial charge in [0.15, 0.2) is 0 Å². The summed E-state index contributed by atoms with van der Waals surface area (Å²) in [6, 6.07) is 16.0. The van der Waals surface area contributed by atoms with Gasteiger partial charge < -0.3 is 10.2 Å². The molecule has 8 nitrogen and oxygen atoms in total. The van der Waals surface area contributed by atoms with Gasteiger partial charge in [-0.25, -0.2) is 0 Å². The zero-order chi connectivity index (χ0) is 19.4. The van der Waals surface area contributed by atoms with E-state index in [0.717, 1.165) is 35.7 Å². The van der Waals surface area contributed by atoms with Crippen LogP contribution in [-0.2, 0) is 9.59 Å². The molecule has 0 aliphatic carbocycles. The molecule has 0 spiro atoms. The van der Waals surface area contributed by atoms with Crippen LogP contribution in [-0.4, -0.2) is 42.5 Å². The molecule has 26 heavy (non-hydrogen) atoms. The standard InChI is InChI=1S/2C7H6N2.2C2H4O2/c2*1-2-4-7-6(3-1)5-8-9-7;2*1-2(3)4/h2*1-5H,(H,8,9);2*1H3,(H,3,4). The van der Waals surface area contributed by atoms with Crippen molar-refractivity contribution in [2.24, 2.45) is 0 Å². The highest BCUT2D eigenvalue weighted by atomic mass is 16.4. The number of aliphatic carboxylic acids is 2. The summed E-state index contributed by atoms with van der Waals surface area (Å²) in [5, 5.41) is 30.7. The Bertz CT molecular complexity index is 800. The maximum Gasteiger partial charge on any atom is 0.300 e. The molecule has 8 heteroatoms. The van der Waals surface area contributed by atoms with Crippen molar-refractivity contribution in [1.82, 2.24) is 20.4 Å². The van der Waals surface area contributed by atoms with Crippen molar-refractivity contribution in [2.45, 2.75) is 13.8 Å². The number of rotatable bonds is 0. The van der Waals surface area contributed by atoms with Crippen molar-refractivity contribution in [1.29, 1.82) is 0 Å². The van der Waals surface area contributed by atoms with Gasteiger partial charge in [-0.15, -0.1) is 0 Å². The minimum absolute atomic E-state index is 0.833. The summed E-state index contributed by atoms with van der Waals surface area (Å²) in [4.78, 5) is 18.0. The fourth-order valence-corrected chi connectivity index (χ4v) is 1.77. The van der Waals surface area contributed by atoms with E-state index in [9.17, 15) is 0 Å². The highest BCUT2D eigenvalue weighted by Gasteiger charge is 1.88. The van der Waals surface area contributed by atoms with Gasteiger partial charge in [0.2, 0.25) is 0 Å². The summed E-state index contributed by atoms with van der Waals surface area (Å²) < 4.78 is 0. The van der Waals surface area contributed by atoms with Gasteiger partial charge in [0.1, 0.15) is 0 Å². The van der Waals surface area contributed by atoms with Gasteiger partial charge in [-0.1, -0.05) is 36.4 Å². The Labute approximate surface area is 149 Å². The first kappa shape index (κ1) is 20.4. The molecular formula is C18H20N4O4. The van der Waals surface area contributed by atoms with E-state index >= 15 is 0 Å². The lowest BCUT2D eigenvalue weighted by molar-refractivity contribution is -0.135. The molecule has 2 aromatic heterocycles. The fraction of sp³-hybridized carbons (Fsp3) is 0.111. The van der Waals surface area contributed by atoms with Crippen LogP contribution in [0.5, 0.6) is 0 Å². The third-order valence-corrected chi connectivity index (χ3v) is 2.70. The molecule has 0 saturated carbocycles. The van der Waals surface area contributed by atoms with E-state index in [4.69, 9.17) is 19.8 Å². The summed E-state index contributed by atoms with van der Waals surface area (Å²) in [7, 11) is 0. The van der Waals surface area contributed by atoms with Crippen LogP contribution < -0.4 is 0 Å². The number of benzene rings is 2. The molecule has 0 aliphatic rings. The second kappa shape index (κ2) is 11.0. The predicted octanol–water partition coefficient (Wildman–Crippen LogP) is 3.31. The Morgan fingerprint density at radius 3 is 1.35 bits per heavy atom. The van der Waals surface area contributed by atoms with Crippen molar-refractivity contribution < 1.29 is 19.8 Å². The molecule has 0 atom stereocenters. The molecule has 0 saturated heterocycles. The summed E-state index contributed by atoms with van der Waals surface area (Å²) in [6.45, 7) is 2.17. The minimum atomic E-state index is -0.833. The second-order valence-electron chi connectivity index (χ2n) is 4.95. The van der Waals surface area contributed by atoms with Crippen LogP contribution in [0.1, 0.15) is 13.8 Å². The topological polar surface area (TPSA) is 132 Å². The number of fused-ring (bicyclic) bond motifs is 2. The first-order valence-electron chi connectivity index (χ1n) is 7.55. The molecule has 4 aromatic rings. The van der Waals surface area contributed by atoms with Gasteiger partial charge in [0.05, 0.1) is 23.4 Å². The average molecular weight is 356 g/mol. The number of carbonyl (C=O) groups is 2. The number of aromatic nitrogens is 4. The number of para-hydroxylation sites is 2. The molecule has 2 aromatic carbocycles. The quantitative estimate of drug-likeness (QED) is 0.382. The van der Waals surface area contributed by atoms with E-state index in [1.807, 2.05) is 60.9 Å². The Morgan fingerprint density at radius 1 is 0.731 bits per heavy atom. The molecule has 136 valence electrons. The van der Waals surface area contributed by atoms with Crippen molar-refractivity contribution >= 4 is 33.7 Å². The first-order chi connectivity index (χ1) is 12.4. The molecule has 0 amide bonds. The molecule has 2 heterocycles. The lowest BCUT2D eigenvalue weighted by Crippen LogP contribution is -1.78. The van der Waals surface area contributed by atoms with Crippen molar-refractivity contribution in [3.05, 3.63) is 60.9 Å². The van der Waals surface area contributed by atoms with Crippen molar-refractivity contribution in [2.75, 3.05) is 0 Å². The predicted molar refractivity (Wildman–Crippen MR) is 98.8 cm³/mol. The zero-order valence-corrected chi connectivity index (χ0v) is 14.4. The van der Waals surface area contributed by atoms with Crippen LogP contribution >= 0.6 is 0 Å². The molecule has 0 aliphatic heterocycles. The van der Waals surface area contributed by atoms with E-state index in [1.54, 1.807) is 0 Å². The smallest absolute Gasteiger partial charge is 0.300 e. The van der Waals surface area contributed by atoms with Crippen LogP contribution in [0.15, 0.2) is 60.9 Å². The van der Waals surface area contributed by atoms with Gasteiger partial charge in [-0.05, 0) is 12.1 Å². The van der Waals surface area contributed by atoms with Crippen LogP contribution in [0.25, 0.3) is 21.8 Å². The van der Waals surface area contributed by atoms with Crippen LogP contribution in [0.3, 0.4) is 0 Å². The summed E-state index contributed by atoms with van der Waals surface area (Å²) >= 11 is 0. The second-order valence-corrected chi connectivity index (χ2v) is 4.95. The minimum Gasteiger partial charge on any atom is -0.481 e. The molecule has 0 bridgehead atoms. The lowest BCUT2D eigenvalue weighted by Gasteiger charge is -1.81. The molecule has 4 rings (SSSR count). The highest BCUT2D eigenvalue weighted by molar-refractivity contribution is 5.77. The zero-order valence-electron chi connectivity index (χ0n) is 14.4. The maximum absolute atomic E-state index is 9.00. The van der Waals surface area contributed by atoms with E-state index in [2.05, 4.69) is 20.4 Å². The normalized spacial score (nSPS) is 9.00. The maximum atomic E-state index is 9.00. The Hall–Kier alpha value is -3.68. The Kier molecular flexibility index (Phi) is 8.60. The van der Waals surface area contributed by atoms with Gasteiger partial charge in [-0.2, -0.15) is 10.2 Å². The monoisotopic (exact) mass is 356 g/mol. The largest absolute Gasteiger partial charge is 0.481 e. The lowest BCUT2D eigenvalue weighted by atomic mass is 10.3. The first-order valence-corrected chi connectivity index (χ1v) is 7.55. The van der Waals surface area contributed by atoms with Crippen LogP contribution in [0.4, 0.5) is 0 Å². The summed E-state index contributed by atoms with van der Waals surface area (Å²) in [6.07, 6.45) is 3.63. The average Bonchev–Trinajstić information content (AvgIpc) is 3.23. The Balaban J connectivity index is 0.000000188. The third-order valence-electron chi connectivity index (χ3n) is 2.70. The van der Waals surface area contributed by atoms with E-state index in [-0.39, 0.29) is 0 Å². The number of carboxylic acid groups (broad SMARTS) is 2. The van der Waals surface area contributed by atoms with Crippen molar-refractivity contribution in [3.63, 3.8) is 0 Å². The van der Waals surface area contributed by atoms with E-state index in [1.165, 1.54) is 0 Å². The number of nitrogens with zero attached hydrogens (tertiary/aromatic N) is 2. The molecular weight excluding hydrogens is 336 g/mol. The summed E-state index contributed by atoms with van der Waals surface area (Å²) in [5.41, 5.74) is 2.19. The fourth-order valence-electron chi connectivity index (χ4n) is 1.77. The van der Waals surface area contributed by atoms with Crippen LogP contribution in [0.2, 0.25) is 0 Å². The van der Waals surface area contributed by atoms with Gasteiger partial charge >= 0.3 is 0 Å². The number of nitrogens with one attached hydrogen (secondary N) is 2. The summed E-state index contributed by atoms with van der Waals surface area (Å²) in [5.74, 6) is -1.67. The highest BCUT2D eigenvalue weighted by Crippen LogP contribution is 2.07. The number of carboxylic acids is 2. The van der Waals surface area contributed by atoms with E-state index < -0.39 is 11.9 Å². The van der Waals surface area contributed by atoms with Gasteiger partial charge in [-0.3, -0.25) is 19.8 Å². The van der Waals surface area contributed by atoms with E-state index in [0.29, 0.717) is 0 Å². The molecule has 0 radical (unpaired) electrons. The van der Waals surface area contributed by atoms with Gasteiger partial charge in [0, 0.05) is 24.6 Å². The SMILES string of the molecule is CC(=O)O.CC(=O)O.c1ccc2[nH]ncc2c1.c1ccc2[nH]ncc2c1. The number of hydrogen-bond acceptors (Lipinski definition) is 4. The van der Waals surface area contributed by atoms with Gasteiger partial charge in [0.25, 0.3) is 11.9 Å².